The smallest absolute Gasteiger partial charge is 0.310 e. The van der Waals surface area contributed by atoms with E-state index in [9.17, 15) is 4.79 Å². The molecule has 1 aromatic rings. The van der Waals surface area contributed by atoms with Gasteiger partial charge in [-0.1, -0.05) is 0 Å². The van der Waals surface area contributed by atoms with Crippen LogP contribution in [-0.2, 0) is 9.53 Å². The molecule has 2 heterocycles. The first-order valence-corrected chi connectivity index (χ1v) is 5.44. The highest BCUT2D eigenvalue weighted by Crippen LogP contribution is 2.33. The van der Waals surface area contributed by atoms with E-state index in [1.165, 1.54) is 7.11 Å². The molecule has 2 atom stereocenters. The van der Waals surface area contributed by atoms with Gasteiger partial charge in [-0.15, -0.1) is 0 Å². The molecule has 1 aliphatic rings. The number of aryl methyl sites for hydroxylation is 1. The Balaban J connectivity index is 2.21. The van der Waals surface area contributed by atoms with E-state index >= 15 is 0 Å². The van der Waals surface area contributed by atoms with Crippen molar-refractivity contribution in [1.29, 1.82) is 0 Å². The van der Waals surface area contributed by atoms with Gasteiger partial charge < -0.3 is 14.1 Å². The summed E-state index contributed by atoms with van der Waals surface area (Å²) in [5, 5.41) is 0. The molecule has 2 rings (SSSR count). The van der Waals surface area contributed by atoms with E-state index in [0.29, 0.717) is 0 Å². The minimum Gasteiger partial charge on any atom is -0.469 e. The molecule has 88 valence electrons. The number of methoxy groups -OCH3 is 1. The minimum atomic E-state index is -0.150. The Bertz CT molecular complexity index is 385. The van der Waals surface area contributed by atoms with Gasteiger partial charge in [-0.05, 0) is 26.1 Å². The van der Waals surface area contributed by atoms with Crippen molar-refractivity contribution in [2.24, 2.45) is 5.92 Å². The summed E-state index contributed by atoms with van der Waals surface area (Å²) in [6.07, 6.45) is 0. The molecule has 0 N–H and O–H groups in total. The van der Waals surface area contributed by atoms with Crippen LogP contribution in [-0.4, -0.2) is 38.1 Å². The molecule has 0 bridgehead atoms. The zero-order valence-electron chi connectivity index (χ0n) is 9.90. The summed E-state index contributed by atoms with van der Waals surface area (Å²) < 4.78 is 10.4. The van der Waals surface area contributed by atoms with Crippen LogP contribution in [0.3, 0.4) is 0 Å². The fraction of sp³-hybridized carbons (Fsp3) is 0.583. The maximum Gasteiger partial charge on any atom is 0.310 e. The fourth-order valence-corrected chi connectivity index (χ4v) is 2.33. The Kier molecular flexibility index (Phi) is 3.01. The molecule has 1 aromatic heterocycles. The van der Waals surface area contributed by atoms with Gasteiger partial charge in [-0.3, -0.25) is 4.79 Å². The number of ether oxygens (including phenoxy) is 1. The van der Waals surface area contributed by atoms with Crippen LogP contribution in [0.25, 0.3) is 0 Å². The lowest BCUT2D eigenvalue weighted by molar-refractivity contribution is -0.145. The van der Waals surface area contributed by atoms with Crippen molar-refractivity contribution in [2.45, 2.75) is 12.8 Å². The van der Waals surface area contributed by atoms with Crippen LogP contribution >= 0.6 is 0 Å². The summed E-state index contributed by atoms with van der Waals surface area (Å²) in [6.45, 7) is 3.49. The van der Waals surface area contributed by atoms with Crippen LogP contribution in [0, 0.1) is 12.8 Å². The van der Waals surface area contributed by atoms with E-state index in [0.717, 1.165) is 24.6 Å². The molecule has 0 amide bonds. The summed E-state index contributed by atoms with van der Waals surface area (Å²) in [5.41, 5.74) is 0. The minimum absolute atomic E-state index is 0.111. The molecule has 1 saturated heterocycles. The van der Waals surface area contributed by atoms with Crippen molar-refractivity contribution in [2.75, 3.05) is 27.2 Å². The van der Waals surface area contributed by atoms with Gasteiger partial charge in [0, 0.05) is 19.0 Å². The van der Waals surface area contributed by atoms with Gasteiger partial charge in [0.1, 0.15) is 11.5 Å². The summed E-state index contributed by atoms with van der Waals surface area (Å²) in [7, 11) is 3.44. The molecular formula is C12H17NO3. The largest absolute Gasteiger partial charge is 0.469 e. The molecule has 0 aliphatic carbocycles. The highest BCUT2D eigenvalue weighted by molar-refractivity contribution is 5.74. The van der Waals surface area contributed by atoms with E-state index in [1.54, 1.807) is 0 Å². The predicted molar refractivity (Wildman–Crippen MR) is 59.2 cm³/mol. The van der Waals surface area contributed by atoms with E-state index in [4.69, 9.17) is 9.15 Å². The number of likely N-dealkylation sites (tertiary alicyclic amines) is 1. The van der Waals surface area contributed by atoms with E-state index in [-0.39, 0.29) is 17.8 Å². The lowest BCUT2D eigenvalue weighted by Gasteiger charge is -2.13. The molecule has 16 heavy (non-hydrogen) atoms. The summed E-state index contributed by atoms with van der Waals surface area (Å²) in [4.78, 5) is 13.8. The van der Waals surface area contributed by atoms with E-state index in [2.05, 4.69) is 4.90 Å². The third-order valence-corrected chi connectivity index (χ3v) is 3.13. The zero-order valence-corrected chi connectivity index (χ0v) is 9.90. The van der Waals surface area contributed by atoms with Crippen molar-refractivity contribution >= 4 is 5.97 Å². The Hall–Kier alpha value is -1.29. The van der Waals surface area contributed by atoms with Gasteiger partial charge in [-0.25, -0.2) is 0 Å². The van der Waals surface area contributed by atoms with Gasteiger partial charge in [-0.2, -0.15) is 0 Å². The molecule has 4 nitrogen and oxygen atoms in total. The van der Waals surface area contributed by atoms with Crippen LogP contribution in [0.5, 0.6) is 0 Å². The van der Waals surface area contributed by atoms with Crippen molar-refractivity contribution in [3.05, 3.63) is 23.7 Å². The number of hydrogen-bond donors (Lipinski definition) is 0. The third kappa shape index (κ3) is 1.97. The van der Waals surface area contributed by atoms with Crippen LogP contribution in [0.4, 0.5) is 0 Å². The van der Waals surface area contributed by atoms with E-state index in [1.807, 2.05) is 26.1 Å². The highest BCUT2D eigenvalue weighted by atomic mass is 16.5. The molecule has 1 fully saturated rings. The van der Waals surface area contributed by atoms with Gasteiger partial charge in [0.15, 0.2) is 0 Å². The monoisotopic (exact) mass is 223 g/mol. The fourth-order valence-electron chi connectivity index (χ4n) is 2.33. The number of rotatable bonds is 2. The van der Waals surface area contributed by atoms with Gasteiger partial charge >= 0.3 is 5.97 Å². The second kappa shape index (κ2) is 4.29. The third-order valence-electron chi connectivity index (χ3n) is 3.13. The van der Waals surface area contributed by atoms with Gasteiger partial charge in [0.05, 0.1) is 13.0 Å². The Labute approximate surface area is 95.2 Å². The first-order chi connectivity index (χ1) is 7.61. The topological polar surface area (TPSA) is 42.7 Å². The number of nitrogens with zero attached hydrogens (tertiary/aromatic N) is 1. The normalized spacial score (nSPS) is 25.9. The quantitative estimate of drug-likeness (QED) is 0.711. The number of likely N-dealkylation sites (N-methyl/N-ethyl adjacent to an activating group) is 1. The second-order valence-electron chi connectivity index (χ2n) is 4.41. The standard InChI is InChI=1S/C12H17NO3/c1-8-4-5-11(16-8)9-6-13(2)7-10(9)12(14)15-3/h4-5,9-10H,6-7H2,1-3H3. The second-order valence-corrected chi connectivity index (χ2v) is 4.41. The number of furan rings is 1. The van der Waals surface area contributed by atoms with E-state index < -0.39 is 0 Å². The maximum absolute atomic E-state index is 11.7. The van der Waals surface area contributed by atoms with Crippen LogP contribution < -0.4 is 0 Å². The SMILES string of the molecule is COC(=O)C1CN(C)CC1c1ccc(C)o1. The lowest BCUT2D eigenvalue weighted by Crippen LogP contribution is -2.23. The lowest BCUT2D eigenvalue weighted by atomic mass is 9.94. The van der Waals surface area contributed by atoms with Gasteiger partial charge in [0.25, 0.3) is 0 Å². The first kappa shape index (κ1) is 11.2. The number of carbonyl (C=O) groups excluding carboxylic acids is 1. The van der Waals surface area contributed by atoms with Crippen LogP contribution in [0.15, 0.2) is 16.5 Å². The predicted octanol–water partition coefficient (Wildman–Crippen LogP) is 1.41. The van der Waals surface area contributed by atoms with Crippen molar-refractivity contribution in [3.8, 4) is 0 Å². The molecule has 4 heteroatoms. The molecule has 0 aromatic carbocycles. The molecule has 2 unspecified atom stereocenters. The molecule has 0 saturated carbocycles. The summed E-state index contributed by atoms with van der Waals surface area (Å²) in [6, 6.07) is 3.89. The van der Waals surface area contributed by atoms with Crippen LogP contribution in [0.1, 0.15) is 17.4 Å². The highest BCUT2D eigenvalue weighted by Gasteiger charge is 2.39. The summed E-state index contributed by atoms with van der Waals surface area (Å²) in [5.74, 6) is 1.63. The Morgan fingerprint density at radius 1 is 1.50 bits per heavy atom. The zero-order chi connectivity index (χ0) is 11.7. The number of esters is 1. The van der Waals surface area contributed by atoms with Crippen LogP contribution in [0.2, 0.25) is 0 Å². The Morgan fingerprint density at radius 3 is 2.81 bits per heavy atom. The number of hydrogen-bond acceptors (Lipinski definition) is 4. The average molecular weight is 223 g/mol. The van der Waals surface area contributed by atoms with Gasteiger partial charge in [0.2, 0.25) is 0 Å². The average Bonchev–Trinajstić information content (AvgIpc) is 2.83. The number of carbonyl (C=O) groups is 1. The molecule has 0 radical (unpaired) electrons. The summed E-state index contributed by atoms with van der Waals surface area (Å²) >= 11 is 0. The first-order valence-electron chi connectivity index (χ1n) is 5.44. The van der Waals surface area contributed by atoms with Crippen molar-refractivity contribution in [3.63, 3.8) is 0 Å². The Morgan fingerprint density at radius 2 is 2.25 bits per heavy atom. The molecule has 0 spiro atoms. The molecular weight excluding hydrogens is 206 g/mol. The maximum atomic E-state index is 11.7. The molecule has 1 aliphatic heterocycles. The van der Waals surface area contributed by atoms with Crippen molar-refractivity contribution < 1.29 is 13.9 Å². The van der Waals surface area contributed by atoms with Crippen molar-refractivity contribution in [1.82, 2.24) is 4.90 Å².